The SMILES string of the molecule is CCCC(OC)C(N)c1cccc(C(F)(F)F)c1. The van der Waals surface area contributed by atoms with Gasteiger partial charge in [0, 0.05) is 7.11 Å². The fraction of sp³-hybridized carbons (Fsp3) is 0.538. The van der Waals surface area contributed by atoms with Crippen molar-refractivity contribution in [1.82, 2.24) is 0 Å². The lowest BCUT2D eigenvalue weighted by Gasteiger charge is -2.23. The molecule has 102 valence electrons. The summed E-state index contributed by atoms with van der Waals surface area (Å²) in [6.07, 6.45) is -3.03. The van der Waals surface area contributed by atoms with Crippen LogP contribution >= 0.6 is 0 Å². The van der Waals surface area contributed by atoms with Gasteiger partial charge in [0.1, 0.15) is 0 Å². The second kappa shape index (κ2) is 6.20. The maximum Gasteiger partial charge on any atom is 0.416 e. The Morgan fingerprint density at radius 3 is 2.50 bits per heavy atom. The van der Waals surface area contributed by atoms with E-state index in [1.807, 2.05) is 6.92 Å². The van der Waals surface area contributed by atoms with Crippen molar-refractivity contribution in [2.75, 3.05) is 7.11 Å². The van der Waals surface area contributed by atoms with E-state index < -0.39 is 17.8 Å². The third kappa shape index (κ3) is 3.71. The van der Waals surface area contributed by atoms with Crippen LogP contribution in [0.25, 0.3) is 0 Å². The summed E-state index contributed by atoms with van der Waals surface area (Å²) in [6, 6.07) is 4.56. The Hall–Kier alpha value is -1.07. The van der Waals surface area contributed by atoms with Crippen LogP contribution in [-0.2, 0) is 10.9 Å². The lowest BCUT2D eigenvalue weighted by atomic mass is 9.97. The summed E-state index contributed by atoms with van der Waals surface area (Å²) < 4.78 is 43.0. The zero-order chi connectivity index (χ0) is 13.8. The number of nitrogens with two attached hydrogens (primary N) is 1. The van der Waals surface area contributed by atoms with Crippen molar-refractivity contribution >= 4 is 0 Å². The summed E-state index contributed by atoms with van der Waals surface area (Å²) in [5, 5.41) is 0. The molecule has 18 heavy (non-hydrogen) atoms. The van der Waals surface area contributed by atoms with Gasteiger partial charge in [0.15, 0.2) is 0 Å². The first-order valence-electron chi connectivity index (χ1n) is 5.85. The molecule has 0 spiro atoms. The molecule has 0 aliphatic carbocycles. The molecule has 0 aliphatic rings. The van der Waals surface area contributed by atoms with Gasteiger partial charge in [-0.3, -0.25) is 0 Å². The monoisotopic (exact) mass is 261 g/mol. The van der Waals surface area contributed by atoms with Crippen LogP contribution < -0.4 is 5.73 Å². The number of alkyl halides is 3. The summed E-state index contributed by atoms with van der Waals surface area (Å²) in [5.41, 5.74) is 5.73. The highest BCUT2D eigenvalue weighted by Gasteiger charge is 2.31. The maximum absolute atomic E-state index is 12.6. The molecule has 0 aromatic heterocycles. The van der Waals surface area contributed by atoms with Gasteiger partial charge in [0.25, 0.3) is 0 Å². The summed E-state index contributed by atoms with van der Waals surface area (Å²) in [7, 11) is 1.52. The number of ether oxygens (including phenoxy) is 1. The quantitative estimate of drug-likeness (QED) is 0.880. The van der Waals surface area contributed by atoms with Crippen LogP contribution in [0.5, 0.6) is 0 Å². The molecule has 1 aromatic rings. The van der Waals surface area contributed by atoms with Crippen molar-refractivity contribution in [3.8, 4) is 0 Å². The minimum Gasteiger partial charge on any atom is -0.379 e. The fourth-order valence-corrected chi connectivity index (χ4v) is 1.87. The molecule has 0 saturated carbocycles. The van der Waals surface area contributed by atoms with Crippen LogP contribution in [-0.4, -0.2) is 13.2 Å². The third-order valence-electron chi connectivity index (χ3n) is 2.88. The van der Waals surface area contributed by atoms with Crippen LogP contribution in [0.2, 0.25) is 0 Å². The molecule has 0 saturated heterocycles. The Labute approximate surface area is 105 Å². The molecule has 1 aromatic carbocycles. The Morgan fingerprint density at radius 2 is 2.00 bits per heavy atom. The van der Waals surface area contributed by atoms with Crippen LogP contribution in [0, 0.1) is 0 Å². The van der Waals surface area contributed by atoms with E-state index in [0.29, 0.717) is 12.0 Å². The zero-order valence-corrected chi connectivity index (χ0v) is 10.5. The number of rotatable bonds is 5. The van der Waals surface area contributed by atoms with Gasteiger partial charge in [-0.2, -0.15) is 13.2 Å². The van der Waals surface area contributed by atoms with Crippen LogP contribution in [0.15, 0.2) is 24.3 Å². The molecule has 2 atom stereocenters. The van der Waals surface area contributed by atoms with Crippen LogP contribution in [0.3, 0.4) is 0 Å². The van der Waals surface area contributed by atoms with E-state index in [2.05, 4.69) is 0 Å². The van der Waals surface area contributed by atoms with E-state index >= 15 is 0 Å². The second-order valence-electron chi connectivity index (χ2n) is 4.21. The van der Waals surface area contributed by atoms with Gasteiger partial charge < -0.3 is 10.5 Å². The van der Waals surface area contributed by atoms with Gasteiger partial charge in [-0.1, -0.05) is 25.5 Å². The van der Waals surface area contributed by atoms with Crippen molar-refractivity contribution in [3.63, 3.8) is 0 Å². The predicted molar refractivity (Wildman–Crippen MR) is 64.1 cm³/mol. The van der Waals surface area contributed by atoms with Crippen molar-refractivity contribution in [1.29, 1.82) is 0 Å². The second-order valence-corrected chi connectivity index (χ2v) is 4.21. The number of hydrogen-bond donors (Lipinski definition) is 1. The predicted octanol–water partition coefficient (Wildman–Crippen LogP) is 3.52. The van der Waals surface area contributed by atoms with Crippen molar-refractivity contribution < 1.29 is 17.9 Å². The topological polar surface area (TPSA) is 35.2 Å². The smallest absolute Gasteiger partial charge is 0.379 e. The summed E-state index contributed by atoms with van der Waals surface area (Å²) in [6.45, 7) is 1.98. The minimum absolute atomic E-state index is 0.265. The molecule has 1 rings (SSSR count). The molecule has 0 fully saturated rings. The molecular formula is C13H18F3NO. The molecule has 2 N–H and O–H groups in total. The van der Waals surface area contributed by atoms with E-state index in [4.69, 9.17) is 10.5 Å². The average Bonchev–Trinajstić information content (AvgIpc) is 2.34. The standard InChI is InChI=1S/C13H18F3NO/c1-3-5-11(18-2)12(17)9-6-4-7-10(8-9)13(14,15)16/h4,6-8,11-12H,3,5,17H2,1-2H3. The maximum atomic E-state index is 12.6. The normalized spacial score (nSPS) is 15.4. The van der Waals surface area contributed by atoms with Gasteiger partial charge >= 0.3 is 6.18 Å². The number of benzene rings is 1. The first-order chi connectivity index (χ1) is 8.40. The lowest BCUT2D eigenvalue weighted by molar-refractivity contribution is -0.137. The Balaban J connectivity index is 2.95. The van der Waals surface area contributed by atoms with Crippen molar-refractivity contribution in [2.45, 2.75) is 38.1 Å². The highest BCUT2D eigenvalue weighted by Crippen LogP contribution is 2.31. The van der Waals surface area contributed by atoms with Gasteiger partial charge in [0.2, 0.25) is 0 Å². The first-order valence-corrected chi connectivity index (χ1v) is 5.85. The van der Waals surface area contributed by atoms with Crippen molar-refractivity contribution in [2.24, 2.45) is 5.73 Å². The molecular weight excluding hydrogens is 243 g/mol. The molecule has 0 amide bonds. The third-order valence-corrected chi connectivity index (χ3v) is 2.88. The van der Waals surface area contributed by atoms with E-state index in [0.717, 1.165) is 18.6 Å². The molecule has 0 radical (unpaired) electrons. The highest BCUT2D eigenvalue weighted by atomic mass is 19.4. The zero-order valence-electron chi connectivity index (χ0n) is 10.5. The minimum atomic E-state index is -4.34. The molecule has 2 nitrogen and oxygen atoms in total. The average molecular weight is 261 g/mol. The summed E-state index contributed by atoms with van der Waals surface area (Å²) >= 11 is 0. The highest BCUT2D eigenvalue weighted by molar-refractivity contribution is 5.28. The van der Waals surface area contributed by atoms with Gasteiger partial charge in [-0.05, 0) is 24.1 Å². The number of halogens is 3. The first kappa shape index (κ1) is 15.0. The molecule has 5 heteroatoms. The van der Waals surface area contributed by atoms with Gasteiger partial charge in [-0.25, -0.2) is 0 Å². The largest absolute Gasteiger partial charge is 0.416 e. The Bertz CT molecular complexity index is 379. The Morgan fingerprint density at radius 1 is 1.33 bits per heavy atom. The van der Waals surface area contributed by atoms with Crippen LogP contribution in [0.1, 0.15) is 36.9 Å². The molecule has 2 unspecified atom stereocenters. The van der Waals surface area contributed by atoms with E-state index in [9.17, 15) is 13.2 Å². The van der Waals surface area contributed by atoms with E-state index in [1.165, 1.54) is 13.2 Å². The number of methoxy groups -OCH3 is 1. The lowest BCUT2D eigenvalue weighted by Crippen LogP contribution is -2.28. The van der Waals surface area contributed by atoms with Gasteiger partial charge in [-0.15, -0.1) is 0 Å². The summed E-state index contributed by atoms with van der Waals surface area (Å²) in [4.78, 5) is 0. The molecule has 0 heterocycles. The Kier molecular flexibility index (Phi) is 5.16. The molecule has 0 bridgehead atoms. The van der Waals surface area contributed by atoms with Gasteiger partial charge in [0.05, 0.1) is 17.7 Å². The number of hydrogen-bond acceptors (Lipinski definition) is 2. The summed E-state index contributed by atoms with van der Waals surface area (Å²) in [5.74, 6) is 0. The molecule has 0 aliphatic heterocycles. The van der Waals surface area contributed by atoms with Crippen LogP contribution in [0.4, 0.5) is 13.2 Å². The van der Waals surface area contributed by atoms with E-state index in [1.54, 1.807) is 6.07 Å². The van der Waals surface area contributed by atoms with Crippen molar-refractivity contribution in [3.05, 3.63) is 35.4 Å². The van der Waals surface area contributed by atoms with E-state index in [-0.39, 0.29) is 6.10 Å². The fourth-order valence-electron chi connectivity index (χ4n) is 1.87.